The highest BCUT2D eigenvalue weighted by Crippen LogP contribution is 2.24. The molecule has 1 aliphatic heterocycles. The van der Waals surface area contributed by atoms with Crippen LogP contribution in [-0.4, -0.2) is 45.7 Å². The molecule has 0 aromatic carbocycles. The lowest BCUT2D eigenvalue weighted by molar-refractivity contribution is -0.171. The zero-order valence-corrected chi connectivity index (χ0v) is 14.5. The van der Waals surface area contributed by atoms with Gasteiger partial charge in [-0.1, -0.05) is 0 Å². The molecule has 1 aliphatic rings. The van der Waals surface area contributed by atoms with Gasteiger partial charge in [-0.25, -0.2) is 0 Å². The second-order valence-electron chi connectivity index (χ2n) is 6.49. The van der Waals surface area contributed by atoms with Crippen molar-refractivity contribution in [1.82, 2.24) is 14.0 Å². The minimum absolute atomic E-state index is 0.222. The van der Waals surface area contributed by atoms with Crippen LogP contribution in [0.1, 0.15) is 28.8 Å². The third-order valence-electron chi connectivity index (χ3n) is 4.73. The number of likely N-dealkylation sites (tertiary alicyclic amines) is 1. The summed E-state index contributed by atoms with van der Waals surface area (Å²) in [6.45, 7) is -0.239. The Hall–Kier alpha value is -2.22. The Morgan fingerprint density at radius 2 is 1.84 bits per heavy atom. The number of pyridine rings is 1. The molecule has 1 fully saturated rings. The van der Waals surface area contributed by atoms with Crippen molar-refractivity contribution in [3.63, 3.8) is 0 Å². The fourth-order valence-electron chi connectivity index (χ4n) is 3.58. The molecule has 0 atom stereocenters. The van der Waals surface area contributed by atoms with Gasteiger partial charge in [-0.15, -0.1) is 0 Å². The van der Waals surface area contributed by atoms with Crippen LogP contribution < -0.4 is 5.56 Å². The third-order valence-corrected chi connectivity index (χ3v) is 4.73. The van der Waals surface area contributed by atoms with Gasteiger partial charge in [0.1, 0.15) is 0 Å². The Morgan fingerprint density at radius 3 is 2.44 bits per heavy atom. The molecule has 136 valence electrons. The van der Waals surface area contributed by atoms with Crippen LogP contribution in [0.5, 0.6) is 0 Å². The monoisotopic (exact) mass is 353 g/mol. The maximum Gasteiger partial charge on any atom is 0.345 e. The molecule has 0 N–H and O–H groups in total. The molecule has 3 heterocycles. The smallest absolute Gasteiger partial charge is 0.345 e. The number of aromatic nitrogens is 2. The number of carbonyl (C=O) groups is 1. The van der Waals surface area contributed by atoms with Crippen molar-refractivity contribution in [1.29, 1.82) is 0 Å². The van der Waals surface area contributed by atoms with E-state index in [0.717, 1.165) is 11.1 Å². The van der Waals surface area contributed by atoms with E-state index in [1.807, 2.05) is 6.92 Å². The SMILES string of the molecule is Cc1cn(C)c(=O)c2c(C(=O)N3CCC(OC(F)F)CC3)cn(C)c12. The number of halogens is 2. The Morgan fingerprint density at radius 1 is 1.20 bits per heavy atom. The van der Waals surface area contributed by atoms with E-state index in [1.54, 1.807) is 36.0 Å². The lowest BCUT2D eigenvalue weighted by Crippen LogP contribution is -2.41. The molecule has 6 nitrogen and oxygen atoms in total. The van der Waals surface area contributed by atoms with Gasteiger partial charge >= 0.3 is 6.61 Å². The van der Waals surface area contributed by atoms with Gasteiger partial charge in [0.25, 0.3) is 11.5 Å². The second-order valence-corrected chi connectivity index (χ2v) is 6.49. The number of ether oxygens (including phenoxy) is 1. The predicted octanol–water partition coefficient (Wildman–Crippen LogP) is 2.03. The fourth-order valence-corrected chi connectivity index (χ4v) is 3.58. The van der Waals surface area contributed by atoms with Gasteiger partial charge in [0.05, 0.1) is 22.6 Å². The first kappa shape index (κ1) is 17.6. The van der Waals surface area contributed by atoms with Crippen LogP contribution in [0.15, 0.2) is 17.2 Å². The molecule has 2 aromatic heterocycles. The Balaban J connectivity index is 1.90. The normalized spacial score (nSPS) is 16.2. The Bertz CT molecular complexity index is 864. The van der Waals surface area contributed by atoms with Crippen LogP contribution in [-0.2, 0) is 18.8 Å². The number of rotatable bonds is 3. The van der Waals surface area contributed by atoms with E-state index in [0.29, 0.717) is 36.9 Å². The summed E-state index contributed by atoms with van der Waals surface area (Å²) >= 11 is 0. The minimum Gasteiger partial charge on any atom is -0.349 e. The summed E-state index contributed by atoms with van der Waals surface area (Å²) < 4.78 is 32.4. The number of hydrogen-bond acceptors (Lipinski definition) is 3. The third kappa shape index (κ3) is 3.18. The van der Waals surface area contributed by atoms with Crippen LogP contribution in [0.25, 0.3) is 10.9 Å². The summed E-state index contributed by atoms with van der Waals surface area (Å²) in [5.41, 5.74) is 1.78. The summed E-state index contributed by atoms with van der Waals surface area (Å²) in [6, 6.07) is 0. The average molecular weight is 353 g/mol. The second kappa shape index (κ2) is 6.59. The first-order valence-electron chi connectivity index (χ1n) is 8.17. The van der Waals surface area contributed by atoms with Crippen molar-refractivity contribution in [3.8, 4) is 0 Å². The number of hydrogen-bond donors (Lipinski definition) is 0. The number of amides is 1. The van der Waals surface area contributed by atoms with Gasteiger partial charge in [0.15, 0.2) is 0 Å². The van der Waals surface area contributed by atoms with Crippen molar-refractivity contribution in [2.24, 2.45) is 14.1 Å². The van der Waals surface area contributed by atoms with Crippen LogP contribution in [0.2, 0.25) is 0 Å². The van der Waals surface area contributed by atoms with E-state index in [1.165, 1.54) is 4.57 Å². The molecule has 0 bridgehead atoms. The molecule has 1 amide bonds. The van der Waals surface area contributed by atoms with Crippen LogP contribution in [0.4, 0.5) is 8.78 Å². The zero-order valence-electron chi connectivity index (χ0n) is 14.5. The average Bonchev–Trinajstić information content (AvgIpc) is 2.90. The maximum atomic E-state index is 12.9. The van der Waals surface area contributed by atoms with Crippen molar-refractivity contribution in [2.75, 3.05) is 13.1 Å². The maximum absolute atomic E-state index is 12.9. The molecule has 2 aromatic rings. The topological polar surface area (TPSA) is 56.5 Å². The standard InChI is InChI=1S/C17H21F2N3O3/c1-10-8-21(3)16(24)13-12(9-20(2)14(10)13)15(23)22-6-4-11(5-7-22)25-17(18)19/h8-9,11,17H,4-7H2,1-3H3. The van der Waals surface area contributed by atoms with Crippen LogP contribution >= 0.6 is 0 Å². The lowest BCUT2D eigenvalue weighted by Gasteiger charge is -2.31. The summed E-state index contributed by atoms with van der Waals surface area (Å²) in [5.74, 6) is -0.246. The number of carbonyl (C=O) groups excluding carboxylic acids is 1. The van der Waals surface area contributed by atoms with E-state index < -0.39 is 12.7 Å². The highest BCUT2D eigenvalue weighted by molar-refractivity contribution is 6.07. The molecular weight excluding hydrogens is 332 g/mol. The number of fused-ring (bicyclic) bond motifs is 1. The largest absolute Gasteiger partial charge is 0.349 e. The van der Waals surface area contributed by atoms with Crippen LogP contribution in [0.3, 0.4) is 0 Å². The molecule has 25 heavy (non-hydrogen) atoms. The van der Waals surface area contributed by atoms with E-state index >= 15 is 0 Å². The number of alkyl halides is 2. The molecule has 8 heteroatoms. The van der Waals surface area contributed by atoms with E-state index in [2.05, 4.69) is 4.74 Å². The molecule has 0 saturated carbocycles. The van der Waals surface area contributed by atoms with Gasteiger partial charge in [0, 0.05) is 39.6 Å². The highest BCUT2D eigenvalue weighted by atomic mass is 19.3. The first-order valence-corrected chi connectivity index (χ1v) is 8.17. The van der Waals surface area contributed by atoms with E-state index in [9.17, 15) is 18.4 Å². The summed E-state index contributed by atoms with van der Waals surface area (Å²) in [6.07, 6.45) is 3.59. The molecule has 0 spiro atoms. The van der Waals surface area contributed by atoms with Crippen molar-refractivity contribution < 1.29 is 18.3 Å². The van der Waals surface area contributed by atoms with Gasteiger partial charge in [-0.05, 0) is 25.3 Å². The molecule has 0 unspecified atom stereocenters. The van der Waals surface area contributed by atoms with E-state index in [4.69, 9.17) is 0 Å². The van der Waals surface area contributed by atoms with Crippen molar-refractivity contribution >= 4 is 16.8 Å². The molecule has 3 rings (SSSR count). The molecule has 1 saturated heterocycles. The van der Waals surface area contributed by atoms with Crippen LogP contribution in [0, 0.1) is 6.92 Å². The minimum atomic E-state index is -2.80. The fraction of sp³-hybridized carbons (Fsp3) is 0.529. The molecule has 0 aliphatic carbocycles. The molecular formula is C17H21F2N3O3. The first-order chi connectivity index (χ1) is 11.8. The van der Waals surface area contributed by atoms with E-state index in [-0.39, 0.29) is 11.5 Å². The van der Waals surface area contributed by atoms with Gasteiger partial charge in [-0.3, -0.25) is 9.59 Å². The van der Waals surface area contributed by atoms with Gasteiger partial charge < -0.3 is 18.8 Å². The summed E-state index contributed by atoms with van der Waals surface area (Å²) in [7, 11) is 3.46. The number of aryl methyl sites for hydroxylation is 3. The summed E-state index contributed by atoms with van der Waals surface area (Å²) in [5, 5.41) is 0.404. The van der Waals surface area contributed by atoms with Gasteiger partial charge in [-0.2, -0.15) is 8.78 Å². The Labute approximate surface area is 143 Å². The number of piperidine rings is 1. The Kier molecular flexibility index (Phi) is 4.64. The summed E-state index contributed by atoms with van der Waals surface area (Å²) in [4.78, 5) is 27.1. The van der Waals surface area contributed by atoms with Crippen molar-refractivity contribution in [2.45, 2.75) is 32.5 Å². The number of nitrogens with zero attached hydrogens (tertiary/aromatic N) is 3. The lowest BCUT2D eigenvalue weighted by atomic mass is 10.1. The quantitative estimate of drug-likeness (QED) is 0.848. The van der Waals surface area contributed by atoms with Crippen molar-refractivity contribution in [3.05, 3.63) is 33.9 Å². The highest BCUT2D eigenvalue weighted by Gasteiger charge is 2.28. The molecule has 0 radical (unpaired) electrons. The predicted molar refractivity (Wildman–Crippen MR) is 88.9 cm³/mol. The van der Waals surface area contributed by atoms with Gasteiger partial charge in [0.2, 0.25) is 0 Å². The zero-order chi connectivity index (χ0) is 18.3.